The molecule has 0 aromatic carbocycles. The maximum atomic E-state index is 12.2. The minimum Gasteiger partial charge on any atom is -0.378 e. The standard InChI is InChI=1S/C9H10F2N4O2/c1-16-5-7-4-15(14-12-7)3-6-2-8(9(10)11)17-13-6/h2,4,9H,3,5H2,1H3. The van der Waals surface area contributed by atoms with Crippen LogP contribution in [0.5, 0.6) is 0 Å². The lowest BCUT2D eigenvalue weighted by Gasteiger charge is -1.93. The third kappa shape index (κ3) is 2.84. The van der Waals surface area contributed by atoms with Crippen LogP contribution in [-0.2, 0) is 17.9 Å². The minimum atomic E-state index is -2.66. The van der Waals surface area contributed by atoms with E-state index in [0.29, 0.717) is 18.0 Å². The smallest absolute Gasteiger partial charge is 0.298 e. The van der Waals surface area contributed by atoms with Crippen molar-refractivity contribution in [2.45, 2.75) is 19.6 Å². The van der Waals surface area contributed by atoms with Crippen molar-refractivity contribution in [3.8, 4) is 0 Å². The van der Waals surface area contributed by atoms with E-state index < -0.39 is 12.2 Å². The number of aromatic nitrogens is 4. The molecule has 0 unspecified atom stereocenters. The fraction of sp³-hybridized carbons (Fsp3) is 0.444. The predicted molar refractivity (Wildman–Crippen MR) is 51.3 cm³/mol. The molecule has 0 amide bonds. The summed E-state index contributed by atoms with van der Waals surface area (Å²) in [6, 6.07) is 1.20. The zero-order valence-corrected chi connectivity index (χ0v) is 9.01. The van der Waals surface area contributed by atoms with Crippen molar-refractivity contribution in [2.24, 2.45) is 0 Å². The number of alkyl halides is 2. The molecular formula is C9H10F2N4O2. The van der Waals surface area contributed by atoms with E-state index in [2.05, 4.69) is 20.0 Å². The third-order valence-electron chi connectivity index (χ3n) is 1.99. The first kappa shape index (κ1) is 11.6. The van der Waals surface area contributed by atoms with Gasteiger partial charge in [-0.15, -0.1) is 5.10 Å². The van der Waals surface area contributed by atoms with Crippen LogP contribution in [0.25, 0.3) is 0 Å². The van der Waals surface area contributed by atoms with Gasteiger partial charge in [-0.3, -0.25) is 0 Å². The molecule has 0 aliphatic rings. The Morgan fingerprint density at radius 2 is 2.29 bits per heavy atom. The van der Waals surface area contributed by atoms with Crippen LogP contribution in [0.15, 0.2) is 16.8 Å². The topological polar surface area (TPSA) is 66.0 Å². The Hall–Kier alpha value is -1.83. The molecule has 0 spiro atoms. The number of hydrogen-bond acceptors (Lipinski definition) is 5. The van der Waals surface area contributed by atoms with E-state index >= 15 is 0 Å². The highest BCUT2D eigenvalue weighted by Crippen LogP contribution is 2.19. The molecule has 17 heavy (non-hydrogen) atoms. The molecule has 2 rings (SSSR count). The second kappa shape index (κ2) is 5.00. The normalized spacial score (nSPS) is 11.3. The van der Waals surface area contributed by atoms with Crippen molar-refractivity contribution in [1.82, 2.24) is 20.2 Å². The fourth-order valence-corrected chi connectivity index (χ4v) is 1.30. The molecule has 0 atom stereocenters. The van der Waals surface area contributed by atoms with Crippen LogP contribution < -0.4 is 0 Å². The summed E-state index contributed by atoms with van der Waals surface area (Å²) in [5.41, 5.74) is 1.03. The molecular weight excluding hydrogens is 234 g/mol. The summed E-state index contributed by atoms with van der Waals surface area (Å²) >= 11 is 0. The Morgan fingerprint density at radius 3 is 2.94 bits per heavy atom. The Balaban J connectivity index is 2.03. The molecule has 0 aliphatic carbocycles. The van der Waals surface area contributed by atoms with Gasteiger partial charge in [0.05, 0.1) is 19.3 Å². The van der Waals surface area contributed by atoms with Gasteiger partial charge in [0.15, 0.2) is 0 Å². The second-order valence-corrected chi connectivity index (χ2v) is 3.36. The van der Waals surface area contributed by atoms with Crippen LogP contribution in [0.1, 0.15) is 23.6 Å². The first-order valence-corrected chi connectivity index (χ1v) is 4.80. The van der Waals surface area contributed by atoms with Crippen molar-refractivity contribution >= 4 is 0 Å². The van der Waals surface area contributed by atoms with Gasteiger partial charge < -0.3 is 9.26 Å². The van der Waals surface area contributed by atoms with Crippen LogP contribution in [0.3, 0.4) is 0 Å². The summed E-state index contributed by atoms with van der Waals surface area (Å²) < 4.78 is 35.3. The summed E-state index contributed by atoms with van der Waals surface area (Å²) in [6.45, 7) is 0.577. The Bertz CT molecular complexity index is 483. The van der Waals surface area contributed by atoms with Gasteiger partial charge in [0.2, 0.25) is 5.76 Å². The monoisotopic (exact) mass is 244 g/mol. The van der Waals surface area contributed by atoms with Crippen molar-refractivity contribution in [3.05, 3.63) is 29.4 Å². The number of rotatable bonds is 5. The summed E-state index contributed by atoms with van der Waals surface area (Å²) in [5.74, 6) is -0.447. The van der Waals surface area contributed by atoms with Crippen LogP contribution in [-0.4, -0.2) is 27.3 Å². The van der Waals surface area contributed by atoms with Gasteiger partial charge in [0.25, 0.3) is 6.43 Å². The number of methoxy groups -OCH3 is 1. The average molecular weight is 244 g/mol. The predicted octanol–water partition coefficient (Wildman–Crippen LogP) is 1.40. The van der Waals surface area contributed by atoms with Crippen LogP contribution in [0.2, 0.25) is 0 Å². The lowest BCUT2D eigenvalue weighted by Crippen LogP contribution is -2.00. The SMILES string of the molecule is COCc1cn(Cc2cc(C(F)F)on2)nn1. The first-order chi connectivity index (χ1) is 8.19. The van der Waals surface area contributed by atoms with Gasteiger partial charge in [0, 0.05) is 13.2 Å². The zero-order chi connectivity index (χ0) is 12.3. The number of ether oxygens (including phenoxy) is 1. The molecule has 0 fully saturated rings. The lowest BCUT2D eigenvalue weighted by atomic mass is 10.3. The van der Waals surface area contributed by atoms with Gasteiger partial charge in [-0.25, -0.2) is 13.5 Å². The minimum absolute atomic E-state index is 0.229. The van der Waals surface area contributed by atoms with Crippen LogP contribution in [0, 0.1) is 0 Å². The van der Waals surface area contributed by atoms with Gasteiger partial charge in [-0.2, -0.15) is 0 Å². The summed E-state index contributed by atoms with van der Waals surface area (Å²) in [4.78, 5) is 0. The lowest BCUT2D eigenvalue weighted by molar-refractivity contribution is 0.112. The Kier molecular flexibility index (Phi) is 3.43. The van der Waals surface area contributed by atoms with Crippen LogP contribution in [0.4, 0.5) is 8.78 Å². The van der Waals surface area contributed by atoms with E-state index in [1.807, 2.05) is 0 Å². The van der Waals surface area contributed by atoms with Gasteiger partial charge >= 0.3 is 0 Å². The molecule has 0 bridgehead atoms. The van der Waals surface area contributed by atoms with Crippen molar-refractivity contribution < 1.29 is 18.0 Å². The summed E-state index contributed by atoms with van der Waals surface area (Å²) in [7, 11) is 1.55. The van der Waals surface area contributed by atoms with Crippen molar-refractivity contribution in [2.75, 3.05) is 7.11 Å². The molecule has 0 saturated heterocycles. The quantitative estimate of drug-likeness (QED) is 0.795. The molecule has 2 aromatic heterocycles. The van der Waals surface area contributed by atoms with E-state index in [1.54, 1.807) is 13.3 Å². The number of halogens is 2. The molecule has 0 saturated carbocycles. The molecule has 92 valence electrons. The van der Waals surface area contributed by atoms with Crippen molar-refractivity contribution in [1.29, 1.82) is 0 Å². The highest BCUT2D eigenvalue weighted by molar-refractivity contribution is 5.06. The van der Waals surface area contributed by atoms with E-state index in [9.17, 15) is 8.78 Å². The third-order valence-corrected chi connectivity index (χ3v) is 1.99. The maximum absolute atomic E-state index is 12.2. The van der Waals surface area contributed by atoms with Gasteiger partial charge in [-0.05, 0) is 0 Å². The summed E-state index contributed by atoms with van der Waals surface area (Å²) in [5, 5.41) is 11.1. The molecule has 2 aromatic rings. The fourth-order valence-electron chi connectivity index (χ4n) is 1.30. The Morgan fingerprint density at radius 1 is 1.47 bits per heavy atom. The molecule has 0 N–H and O–H groups in total. The maximum Gasteiger partial charge on any atom is 0.298 e. The largest absolute Gasteiger partial charge is 0.378 e. The molecule has 0 radical (unpaired) electrons. The first-order valence-electron chi connectivity index (χ1n) is 4.80. The zero-order valence-electron chi connectivity index (χ0n) is 9.01. The van der Waals surface area contributed by atoms with Gasteiger partial charge in [-0.1, -0.05) is 10.4 Å². The van der Waals surface area contributed by atoms with E-state index in [4.69, 9.17) is 4.74 Å². The highest BCUT2D eigenvalue weighted by Gasteiger charge is 2.14. The van der Waals surface area contributed by atoms with Crippen LogP contribution >= 0.6 is 0 Å². The second-order valence-electron chi connectivity index (χ2n) is 3.36. The molecule has 6 nitrogen and oxygen atoms in total. The Labute approximate surface area is 95.2 Å². The summed E-state index contributed by atoms with van der Waals surface area (Å²) in [6.07, 6.45) is -1.00. The number of hydrogen-bond donors (Lipinski definition) is 0. The highest BCUT2D eigenvalue weighted by atomic mass is 19.3. The van der Waals surface area contributed by atoms with E-state index in [0.717, 1.165) is 0 Å². The molecule has 8 heteroatoms. The van der Waals surface area contributed by atoms with Gasteiger partial charge in [0.1, 0.15) is 11.4 Å². The van der Waals surface area contributed by atoms with Crippen molar-refractivity contribution in [3.63, 3.8) is 0 Å². The average Bonchev–Trinajstić information content (AvgIpc) is 2.89. The molecule has 2 heterocycles. The molecule has 0 aliphatic heterocycles. The van der Waals surface area contributed by atoms with E-state index in [1.165, 1.54) is 10.7 Å². The van der Waals surface area contributed by atoms with E-state index in [-0.39, 0.29) is 6.54 Å². The number of nitrogens with zero attached hydrogens (tertiary/aromatic N) is 4.